The number of hydrogen-bond acceptors (Lipinski definition) is 2. The zero-order valence-electron chi connectivity index (χ0n) is 12.8. The van der Waals surface area contributed by atoms with Crippen molar-refractivity contribution in [2.24, 2.45) is 0 Å². The van der Waals surface area contributed by atoms with E-state index >= 15 is 0 Å². The molecule has 1 aliphatic carbocycles. The van der Waals surface area contributed by atoms with Crippen molar-refractivity contribution in [2.75, 3.05) is 6.61 Å². The predicted molar refractivity (Wildman–Crippen MR) is 82.3 cm³/mol. The fraction of sp³-hybridized carbons (Fsp3) is 0.588. The number of urea groups is 1. The molecule has 0 spiro atoms. The molecule has 1 aliphatic heterocycles. The maximum absolute atomic E-state index is 12.2. The highest BCUT2D eigenvalue weighted by molar-refractivity contribution is 5.75. The maximum atomic E-state index is 12.2. The molecule has 3 atom stereocenters. The zero-order valence-corrected chi connectivity index (χ0v) is 12.8. The molecule has 114 valence electrons. The lowest BCUT2D eigenvalue weighted by atomic mass is 10.0. The van der Waals surface area contributed by atoms with Gasteiger partial charge in [-0.1, -0.05) is 23.8 Å². The van der Waals surface area contributed by atoms with Crippen LogP contribution >= 0.6 is 0 Å². The number of hydrogen-bond donors (Lipinski definition) is 2. The molecule has 1 fully saturated rings. The third-order valence-electron chi connectivity index (χ3n) is 4.50. The lowest BCUT2D eigenvalue weighted by Crippen LogP contribution is -2.46. The van der Waals surface area contributed by atoms with Gasteiger partial charge in [0.1, 0.15) is 0 Å². The Balaban J connectivity index is 1.57. The summed E-state index contributed by atoms with van der Waals surface area (Å²) < 4.78 is 5.51. The van der Waals surface area contributed by atoms with E-state index in [9.17, 15) is 4.79 Å². The van der Waals surface area contributed by atoms with E-state index in [2.05, 4.69) is 42.7 Å². The van der Waals surface area contributed by atoms with E-state index in [4.69, 9.17) is 4.74 Å². The average molecular weight is 288 g/mol. The van der Waals surface area contributed by atoms with Gasteiger partial charge in [-0.25, -0.2) is 4.79 Å². The lowest BCUT2D eigenvalue weighted by Gasteiger charge is -2.28. The summed E-state index contributed by atoms with van der Waals surface area (Å²) in [5.41, 5.74) is 3.94. The molecule has 3 rings (SSSR count). The molecule has 2 amide bonds. The minimum absolute atomic E-state index is 0.0486. The van der Waals surface area contributed by atoms with Crippen molar-refractivity contribution in [1.29, 1.82) is 0 Å². The Morgan fingerprint density at radius 3 is 2.95 bits per heavy atom. The van der Waals surface area contributed by atoms with Gasteiger partial charge in [-0.15, -0.1) is 0 Å². The maximum Gasteiger partial charge on any atom is 0.315 e. The predicted octanol–water partition coefficient (Wildman–Crippen LogP) is 2.85. The molecule has 0 radical (unpaired) electrons. The van der Waals surface area contributed by atoms with E-state index in [1.807, 2.05) is 0 Å². The van der Waals surface area contributed by atoms with Crippen LogP contribution in [-0.2, 0) is 11.2 Å². The summed E-state index contributed by atoms with van der Waals surface area (Å²) in [6.07, 6.45) is 4.08. The molecule has 2 aliphatic rings. The number of benzene rings is 1. The minimum Gasteiger partial charge on any atom is -0.378 e. The summed E-state index contributed by atoms with van der Waals surface area (Å²) in [5, 5.41) is 6.21. The molecule has 3 unspecified atom stereocenters. The monoisotopic (exact) mass is 288 g/mol. The van der Waals surface area contributed by atoms with Crippen LogP contribution in [0, 0.1) is 6.92 Å². The normalized spacial score (nSPS) is 28.0. The SMILES string of the molecule is Cc1ccc2c(c1)CCC2NC(=O)NC1CCOC(C)C1. The van der Waals surface area contributed by atoms with Crippen molar-refractivity contribution >= 4 is 6.03 Å². The molecule has 0 saturated carbocycles. The Hall–Kier alpha value is -1.55. The fourth-order valence-corrected chi connectivity index (χ4v) is 3.41. The van der Waals surface area contributed by atoms with Gasteiger partial charge in [0.15, 0.2) is 0 Å². The van der Waals surface area contributed by atoms with Gasteiger partial charge in [0.25, 0.3) is 0 Å². The molecule has 1 aromatic rings. The van der Waals surface area contributed by atoms with E-state index in [1.165, 1.54) is 16.7 Å². The number of fused-ring (bicyclic) bond motifs is 1. The van der Waals surface area contributed by atoms with Crippen LogP contribution in [0.3, 0.4) is 0 Å². The first-order valence-electron chi connectivity index (χ1n) is 7.90. The van der Waals surface area contributed by atoms with Gasteiger partial charge < -0.3 is 15.4 Å². The van der Waals surface area contributed by atoms with Crippen LogP contribution in [0.15, 0.2) is 18.2 Å². The van der Waals surface area contributed by atoms with Crippen molar-refractivity contribution in [3.05, 3.63) is 34.9 Å². The summed E-state index contributed by atoms with van der Waals surface area (Å²) in [6.45, 7) is 4.90. The number of nitrogens with one attached hydrogen (secondary N) is 2. The molecule has 4 heteroatoms. The number of aryl methyl sites for hydroxylation is 2. The summed E-state index contributed by atoms with van der Waals surface area (Å²) in [5.74, 6) is 0. The van der Waals surface area contributed by atoms with Crippen molar-refractivity contribution in [1.82, 2.24) is 10.6 Å². The van der Waals surface area contributed by atoms with Crippen molar-refractivity contribution in [3.63, 3.8) is 0 Å². The fourth-order valence-electron chi connectivity index (χ4n) is 3.41. The van der Waals surface area contributed by atoms with Gasteiger partial charge in [0.05, 0.1) is 12.1 Å². The number of rotatable bonds is 2. The summed E-state index contributed by atoms with van der Waals surface area (Å²) >= 11 is 0. The van der Waals surface area contributed by atoms with Crippen LogP contribution in [0.4, 0.5) is 4.79 Å². The molecule has 2 N–H and O–H groups in total. The first-order valence-corrected chi connectivity index (χ1v) is 7.90. The van der Waals surface area contributed by atoms with E-state index < -0.39 is 0 Å². The minimum atomic E-state index is -0.0486. The quantitative estimate of drug-likeness (QED) is 0.879. The van der Waals surface area contributed by atoms with Crippen molar-refractivity contribution in [3.8, 4) is 0 Å². The highest BCUT2D eigenvalue weighted by atomic mass is 16.5. The molecule has 1 aromatic carbocycles. The summed E-state index contributed by atoms with van der Waals surface area (Å²) in [6, 6.07) is 6.84. The van der Waals surface area contributed by atoms with Crippen LogP contribution in [0.5, 0.6) is 0 Å². The van der Waals surface area contributed by atoms with Crippen LogP contribution in [0.25, 0.3) is 0 Å². The van der Waals surface area contributed by atoms with Gasteiger partial charge in [-0.05, 0) is 50.7 Å². The Morgan fingerprint density at radius 1 is 1.29 bits per heavy atom. The van der Waals surface area contributed by atoms with Crippen molar-refractivity contribution in [2.45, 2.75) is 57.7 Å². The highest BCUT2D eigenvalue weighted by Crippen LogP contribution is 2.31. The Morgan fingerprint density at radius 2 is 2.14 bits per heavy atom. The van der Waals surface area contributed by atoms with Gasteiger partial charge in [0, 0.05) is 12.6 Å². The summed E-state index contributed by atoms with van der Waals surface area (Å²) in [4.78, 5) is 12.2. The molecule has 1 saturated heterocycles. The van der Waals surface area contributed by atoms with Gasteiger partial charge in [-0.3, -0.25) is 0 Å². The zero-order chi connectivity index (χ0) is 14.8. The van der Waals surface area contributed by atoms with Crippen LogP contribution in [0.1, 0.15) is 48.9 Å². The second-order valence-corrected chi connectivity index (χ2v) is 6.31. The second-order valence-electron chi connectivity index (χ2n) is 6.31. The molecule has 21 heavy (non-hydrogen) atoms. The number of carbonyl (C=O) groups excluding carboxylic acids is 1. The number of carbonyl (C=O) groups is 1. The van der Waals surface area contributed by atoms with E-state index in [0.29, 0.717) is 0 Å². The van der Waals surface area contributed by atoms with Crippen molar-refractivity contribution < 1.29 is 9.53 Å². The highest BCUT2D eigenvalue weighted by Gasteiger charge is 2.26. The molecule has 4 nitrogen and oxygen atoms in total. The van der Waals surface area contributed by atoms with Gasteiger partial charge >= 0.3 is 6.03 Å². The molecular weight excluding hydrogens is 264 g/mol. The van der Waals surface area contributed by atoms with E-state index in [-0.39, 0.29) is 24.2 Å². The Labute approximate surface area is 126 Å². The Bertz CT molecular complexity index is 530. The first-order chi connectivity index (χ1) is 10.1. The van der Waals surface area contributed by atoms with E-state index in [0.717, 1.165) is 32.3 Å². The summed E-state index contributed by atoms with van der Waals surface area (Å²) in [7, 11) is 0. The number of amides is 2. The van der Waals surface area contributed by atoms with Gasteiger partial charge in [0.2, 0.25) is 0 Å². The smallest absolute Gasteiger partial charge is 0.315 e. The third kappa shape index (κ3) is 3.38. The van der Waals surface area contributed by atoms with Crippen LogP contribution < -0.4 is 10.6 Å². The van der Waals surface area contributed by atoms with Crippen LogP contribution in [-0.4, -0.2) is 24.8 Å². The molecule has 1 heterocycles. The largest absolute Gasteiger partial charge is 0.378 e. The third-order valence-corrected chi connectivity index (χ3v) is 4.50. The average Bonchev–Trinajstić information content (AvgIpc) is 2.81. The second kappa shape index (κ2) is 6.06. The van der Waals surface area contributed by atoms with E-state index in [1.54, 1.807) is 0 Å². The molecule has 0 bridgehead atoms. The topological polar surface area (TPSA) is 50.4 Å². The van der Waals surface area contributed by atoms with Gasteiger partial charge in [-0.2, -0.15) is 0 Å². The standard InChI is InChI=1S/C17H24N2O2/c1-11-3-5-15-13(9-11)4-6-16(15)19-17(20)18-14-7-8-21-12(2)10-14/h3,5,9,12,14,16H,4,6-8,10H2,1-2H3,(H2,18,19,20). The lowest BCUT2D eigenvalue weighted by molar-refractivity contribution is 0.0153. The Kier molecular flexibility index (Phi) is 4.15. The first kappa shape index (κ1) is 14.4. The molecule has 0 aromatic heterocycles. The van der Waals surface area contributed by atoms with Crippen LogP contribution in [0.2, 0.25) is 0 Å². The number of ether oxygens (including phenoxy) is 1. The molecular formula is C17H24N2O2.